The van der Waals surface area contributed by atoms with Crippen molar-refractivity contribution < 1.29 is 18.0 Å². The van der Waals surface area contributed by atoms with Crippen molar-refractivity contribution in [2.75, 3.05) is 0 Å². The van der Waals surface area contributed by atoms with Gasteiger partial charge in [0.25, 0.3) is 5.78 Å². The number of alkyl halides is 3. The van der Waals surface area contributed by atoms with Crippen LogP contribution in [0.1, 0.15) is 21.6 Å². The van der Waals surface area contributed by atoms with Gasteiger partial charge in [-0.15, -0.1) is 0 Å². The highest BCUT2D eigenvalue weighted by molar-refractivity contribution is 9.10. The van der Waals surface area contributed by atoms with Gasteiger partial charge in [-0.05, 0) is 42.7 Å². The Morgan fingerprint density at radius 2 is 1.76 bits per heavy atom. The molecular formula is C18H12BrClF3NO. The Hall–Kier alpha value is -1.79. The van der Waals surface area contributed by atoms with E-state index < -0.39 is 12.0 Å². The molecule has 130 valence electrons. The number of aromatic nitrogens is 1. The molecule has 0 aliphatic heterocycles. The fourth-order valence-corrected chi connectivity index (χ4v) is 3.22. The molecule has 2 aromatic carbocycles. The summed E-state index contributed by atoms with van der Waals surface area (Å²) in [6.07, 6.45) is -4.15. The van der Waals surface area contributed by atoms with Crippen molar-refractivity contribution >= 4 is 44.2 Å². The number of hydrogen-bond acceptors (Lipinski definition) is 1. The van der Waals surface area contributed by atoms with Crippen LogP contribution >= 0.6 is 27.5 Å². The summed E-state index contributed by atoms with van der Waals surface area (Å²) in [4.78, 5) is 14.9. The first-order valence-electron chi connectivity index (χ1n) is 7.42. The molecule has 0 aliphatic rings. The van der Waals surface area contributed by atoms with Gasteiger partial charge in [0.2, 0.25) is 0 Å². The second-order valence-corrected chi connectivity index (χ2v) is 6.97. The molecule has 0 saturated carbocycles. The molecule has 3 aromatic rings. The average molecular weight is 431 g/mol. The highest BCUT2D eigenvalue weighted by atomic mass is 79.9. The summed E-state index contributed by atoms with van der Waals surface area (Å²) in [7, 11) is 0. The van der Waals surface area contributed by atoms with Gasteiger partial charge in [-0.1, -0.05) is 45.7 Å². The van der Waals surface area contributed by atoms with Gasteiger partial charge in [-0.25, -0.2) is 0 Å². The van der Waals surface area contributed by atoms with E-state index in [1.54, 1.807) is 24.3 Å². The molecule has 0 spiro atoms. The third-order valence-electron chi connectivity index (χ3n) is 3.90. The molecule has 0 bridgehead atoms. The number of nitrogens with one attached hydrogen (secondary N) is 1. The van der Waals surface area contributed by atoms with Crippen LogP contribution in [-0.2, 0) is 12.8 Å². The van der Waals surface area contributed by atoms with Gasteiger partial charge >= 0.3 is 6.18 Å². The van der Waals surface area contributed by atoms with E-state index in [0.29, 0.717) is 17.0 Å². The van der Waals surface area contributed by atoms with E-state index in [0.717, 1.165) is 10.0 Å². The number of ketones is 1. The lowest BCUT2D eigenvalue weighted by atomic mass is 10.0. The van der Waals surface area contributed by atoms with E-state index in [1.807, 2.05) is 12.1 Å². The summed E-state index contributed by atoms with van der Waals surface area (Å²) in [6, 6.07) is 11.9. The number of benzene rings is 2. The molecular weight excluding hydrogens is 419 g/mol. The Balaban J connectivity index is 2.00. The summed E-state index contributed by atoms with van der Waals surface area (Å²) >= 11 is 9.12. The van der Waals surface area contributed by atoms with Crippen molar-refractivity contribution in [1.82, 2.24) is 4.98 Å². The maximum absolute atomic E-state index is 13.0. The lowest BCUT2D eigenvalue weighted by molar-refractivity contribution is -0.0884. The average Bonchev–Trinajstić information content (AvgIpc) is 2.89. The number of aryl methyl sites for hydroxylation is 2. The highest BCUT2D eigenvalue weighted by Crippen LogP contribution is 2.32. The maximum Gasteiger partial charge on any atom is 0.454 e. The molecule has 25 heavy (non-hydrogen) atoms. The number of halogens is 5. The normalized spacial score (nSPS) is 11.9. The third-order valence-corrected chi connectivity index (χ3v) is 4.64. The number of carbonyl (C=O) groups excluding carboxylic acids is 1. The summed E-state index contributed by atoms with van der Waals surface area (Å²) < 4.78 is 39.8. The zero-order valence-electron chi connectivity index (χ0n) is 12.8. The molecule has 2 nitrogen and oxygen atoms in total. The van der Waals surface area contributed by atoms with Crippen molar-refractivity contribution in [3.8, 4) is 0 Å². The fourth-order valence-electron chi connectivity index (χ4n) is 2.73. The molecule has 0 radical (unpaired) electrons. The van der Waals surface area contributed by atoms with Gasteiger partial charge < -0.3 is 4.98 Å². The maximum atomic E-state index is 13.0. The van der Waals surface area contributed by atoms with Gasteiger partial charge in [-0.2, -0.15) is 13.2 Å². The minimum Gasteiger partial charge on any atom is -0.358 e. The van der Waals surface area contributed by atoms with Crippen molar-refractivity contribution in [2.24, 2.45) is 0 Å². The Labute approximate surface area is 155 Å². The smallest absolute Gasteiger partial charge is 0.358 e. The number of carbonyl (C=O) groups is 1. The van der Waals surface area contributed by atoms with Crippen LogP contribution in [0, 0.1) is 0 Å². The second-order valence-electron chi connectivity index (χ2n) is 5.62. The molecule has 0 aliphatic carbocycles. The van der Waals surface area contributed by atoms with Gasteiger partial charge in [0.15, 0.2) is 0 Å². The van der Waals surface area contributed by atoms with Crippen LogP contribution in [0.5, 0.6) is 0 Å². The lowest BCUT2D eigenvalue weighted by Crippen LogP contribution is -2.23. The second kappa shape index (κ2) is 6.84. The number of Topliss-reactive ketones (excluding diaryl/α,β-unsaturated/α-hetero) is 1. The minimum absolute atomic E-state index is 0.275. The van der Waals surface area contributed by atoms with Gasteiger partial charge in [-0.3, -0.25) is 4.79 Å². The van der Waals surface area contributed by atoms with Crippen LogP contribution in [0.25, 0.3) is 10.9 Å². The summed E-state index contributed by atoms with van der Waals surface area (Å²) in [5, 5.41) is 0.865. The van der Waals surface area contributed by atoms with Gasteiger partial charge in [0.1, 0.15) is 0 Å². The summed E-state index contributed by atoms with van der Waals surface area (Å²) in [5.74, 6) is -1.83. The predicted molar refractivity (Wildman–Crippen MR) is 95.2 cm³/mol. The number of fused-ring (bicyclic) bond motifs is 1. The first kappa shape index (κ1) is 18.0. The quantitative estimate of drug-likeness (QED) is 0.497. The van der Waals surface area contributed by atoms with Crippen LogP contribution < -0.4 is 0 Å². The van der Waals surface area contributed by atoms with Crippen molar-refractivity contribution in [3.63, 3.8) is 0 Å². The van der Waals surface area contributed by atoms with Gasteiger partial charge in [0, 0.05) is 26.1 Å². The molecule has 3 rings (SSSR count). The molecule has 1 aromatic heterocycles. The van der Waals surface area contributed by atoms with Crippen LogP contribution in [0.15, 0.2) is 46.9 Å². The number of H-pyrrole nitrogens is 1. The van der Waals surface area contributed by atoms with E-state index in [-0.39, 0.29) is 23.1 Å². The van der Waals surface area contributed by atoms with E-state index >= 15 is 0 Å². The topological polar surface area (TPSA) is 32.9 Å². The van der Waals surface area contributed by atoms with E-state index in [2.05, 4.69) is 20.9 Å². The number of rotatable bonds is 4. The molecule has 0 fully saturated rings. The summed E-state index contributed by atoms with van der Waals surface area (Å²) in [6.45, 7) is 0. The molecule has 0 unspecified atom stereocenters. The largest absolute Gasteiger partial charge is 0.454 e. The van der Waals surface area contributed by atoms with E-state index in [1.165, 1.54) is 6.07 Å². The fraction of sp³-hybridized carbons (Fsp3) is 0.167. The highest BCUT2D eigenvalue weighted by Gasteiger charge is 2.41. The number of aromatic amines is 1. The molecule has 1 N–H and O–H groups in total. The Kier molecular flexibility index (Phi) is 4.93. The summed E-state index contributed by atoms with van der Waals surface area (Å²) in [5.41, 5.74) is 1.40. The SMILES string of the molecule is O=C(c1c(CCc2ccc(Cl)cc2)[nH]c2cc(Br)ccc12)C(F)(F)F. The van der Waals surface area contributed by atoms with Crippen LogP contribution in [-0.4, -0.2) is 16.9 Å². The minimum atomic E-state index is -4.92. The van der Waals surface area contributed by atoms with E-state index in [4.69, 9.17) is 11.6 Å². The van der Waals surface area contributed by atoms with Crippen LogP contribution in [0.2, 0.25) is 5.02 Å². The monoisotopic (exact) mass is 429 g/mol. The molecule has 0 atom stereocenters. The van der Waals surface area contributed by atoms with Crippen LogP contribution in [0.4, 0.5) is 13.2 Å². The van der Waals surface area contributed by atoms with Gasteiger partial charge in [0.05, 0.1) is 5.56 Å². The zero-order valence-corrected chi connectivity index (χ0v) is 15.1. The third kappa shape index (κ3) is 3.90. The van der Waals surface area contributed by atoms with Crippen molar-refractivity contribution in [1.29, 1.82) is 0 Å². The molecule has 1 heterocycles. The zero-order chi connectivity index (χ0) is 18.2. The molecule has 0 amide bonds. The van der Waals surface area contributed by atoms with Crippen molar-refractivity contribution in [3.05, 3.63) is 68.8 Å². The molecule has 0 saturated heterocycles. The van der Waals surface area contributed by atoms with Crippen molar-refractivity contribution in [2.45, 2.75) is 19.0 Å². The Morgan fingerprint density at radius 3 is 2.40 bits per heavy atom. The first-order chi connectivity index (χ1) is 11.8. The standard InChI is InChI=1S/C18H12BrClF3NO/c19-11-4-7-13-15(9-11)24-14(16(13)17(25)18(21,22)23)8-3-10-1-5-12(20)6-2-10/h1-2,4-7,9,24H,3,8H2. The number of hydrogen-bond donors (Lipinski definition) is 1. The Morgan fingerprint density at radius 1 is 1.08 bits per heavy atom. The first-order valence-corrected chi connectivity index (χ1v) is 8.59. The van der Waals surface area contributed by atoms with E-state index in [9.17, 15) is 18.0 Å². The Bertz CT molecular complexity index is 932. The van der Waals surface area contributed by atoms with Crippen LogP contribution in [0.3, 0.4) is 0 Å². The molecule has 7 heteroatoms. The predicted octanol–water partition coefficient (Wildman–Crippen LogP) is 6.11. The lowest BCUT2D eigenvalue weighted by Gasteiger charge is -2.08.